The van der Waals surface area contributed by atoms with Gasteiger partial charge in [-0.15, -0.1) is 0 Å². The van der Waals surface area contributed by atoms with Gasteiger partial charge in [0.2, 0.25) is 0 Å². The fraction of sp³-hybridized carbons (Fsp3) is 0.200. The van der Waals surface area contributed by atoms with Gasteiger partial charge in [0.05, 0.1) is 4.47 Å². The van der Waals surface area contributed by atoms with Crippen LogP contribution in [0.4, 0.5) is 5.82 Å². The van der Waals surface area contributed by atoms with Crippen LogP contribution < -0.4 is 5.32 Å². The summed E-state index contributed by atoms with van der Waals surface area (Å²) in [6.07, 6.45) is 3.19. The number of anilines is 1. The molecule has 4 heteroatoms. The Balaban J connectivity index is 3.01. The third-order valence-electron chi connectivity index (χ3n) is 0.904. The van der Waals surface area contributed by atoms with E-state index in [1.807, 2.05) is 7.05 Å². The molecule has 0 aromatic carbocycles. The molecule has 0 bridgehead atoms. The number of aromatic nitrogens is 2. The van der Waals surface area contributed by atoms with Crippen LogP contribution in [0.25, 0.3) is 0 Å². The number of nitrogens with zero attached hydrogens (tertiary/aromatic N) is 2. The number of hydrogen-bond donors (Lipinski definition) is 1. The van der Waals surface area contributed by atoms with E-state index < -0.39 is 0 Å². The van der Waals surface area contributed by atoms with E-state index in [-0.39, 0.29) is 0 Å². The molecular formula is C5H6BrN3. The van der Waals surface area contributed by atoms with Crippen LogP contribution in [0.5, 0.6) is 0 Å². The maximum absolute atomic E-state index is 3.93. The predicted molar refractivity (Wildman–Crippen MR) is 39.3 cm³/mol. The fourth-order valence-electron chi connectivity index (χ4n) is 0.497. The second-order valence-electron chi connectivity index (χ2n) is 1.47. The second-order valence-corrected chi connectivity index (χ2v) is 2.32. The lowest BCUT2D eigenvalue weighted by atomic mass is 10.6. The Kier molecular flexibility index (Phi) is 2.00. The zero-order valence-corrected chi connectivity index (χ0v) is 6.51. The minimum absolute atomic E-state index is 0.810. The van der Waals surface area contributed by atoms with Crippen molar-refractivity contribution < 1.29 is 0 Å². The normalized spacial score (nSPS) is 9.11. The van der Waals surface area contributed by atoms with Crippen molar-refractivity contribution in [3.8, 4) is 0 Å². The lowest BCUT2D eigenvalue weighted by molar-refractivity contribution is 1.14. The second kappa shape index (κ2) is 2.77. The van der Waals surface area contributed by atoms with E-state index in [0.29, 0.717) is 0 Å². The van der Waals surface area contributed by atoms with Crippen LogP contribution in [0.15, 0.2) is 17.0 Å². The van der Waals surface area contributed by atoms with Gasteiger partial charge in [0.15, 0.2) is 0 Å². The highest BCUT2D eigenvalue weighted by molar-refractivity contribution is 9.10. The molecule has 0 aliphatic heterocycles. The largest absolute Gasteiger partial charge is 0.372 e. The summed E-state index contributed by atoms with van der Waals surface area (Å²) in [6.45, 7) is 0. The summed E-state index contributed by atoms with van der Waals surface area (Å²) >= 11 is 3.27. The van der Waals surface area contributed by atoms with Gasteiger partial charge in [0.1, 0.15) is 12.1 Å². The predicted octanol–water partition coefficient (Wildman–Crippen LogP) is 1.28. The molecule has 0 aliphatic carbocycles. The van der Waals surface area contributed by atoms with Gasteiger partial charge in [0, 0.05) is 13.2 Å². The van der Waals surface area contributed by atoms with Crippen molar-refractivity contribution in [1.29, 1.82) is 0 Å². The summed E-state index contributed by atoms with van der Waals surface area (Å²) in [5, 5.41) is 2.90. The quantitative estimate of drug-likeness (QED) is 0.721. The van der Waals surface area contributed by atoms with Crippen molar-refractivity contribution in [3.63, 3.8) is 0 Å². The van der Waals surface area contributed by atoms with Crippen molar-refractivity contribution >= 4 is 21.7 Å². The van der Waals surface area contributed by atoms with Crippen LogP contribution in [-0.2, 0) is 0 Å². The molecule has 48 valence electrons. The van der Waals surface area contributed by atoms with E-state index in [1.54, 1.807) is 6.20 Å². The Morgan fingerprint density at radius 1 is 1.67 bits per heavy atom. The first kappa shape index (κ1) is 6.48. The molecule has 0 saturated carbocycles. The number of nitrogens with one attached hydrogen (secondary N) is 1. The summed E-state index contributed by atoms with van der Waals surface area (Å²) in [7, 11) is 1.81. The SMILES string of the molecule is CNc1ncncc1Br. The molecule has 1 heterocycles. The molecule has 1 N–H and O–H groups in total. The summed E-state index contributed by atoms with van der Waals surface area (Å²) < 4.78 is 0.882. The Hall–Kier alpha value is -0.640. The summed E-state index contributed by atoms with van der Waals surface area (Å²) in [4.78, 5) is 7.72. The van der Waals surface area contributed by atoms with Crippen LogP contribution in [0.2, 0.25) is 0 Å². The van der Waals surface area contributed by atoms with E-state index in [1.165, 1.54) is 6.33 Å². The van der Waals surface area contributed by atoms with E-state index in [2.05, 4.69) is 31.2 Å². The zero-order valence-electron chi connectivity index (χ0n) is 4.93. The maximum Gasteiger partial charge on any atom is 0.143 e. The average molecular weight is 188 g/mol. The van der Waals surface area contributed by atoms with Gasteiger partial charge in [-0.3, -0.25) is 0 Å². The first-order valence-electron chi connectivity index (χ1n) is 2.48. The topological polar surface area (TPSA) is 37.8 Å². The molecule has 0 saturated heterocycles. The van der Waals surface area contributed by atoms with Crippen LogP contribution >= 0.6 is 15.9 Å². The molecule has 9 heavy (non-hydrogen) atoms. The summed E-state index contributed by atoms with van der Waals surface area (Å²) in [5.41, 5.74) is 0. The third kappa shape index (κ3) is 1.38. The van der Waals surface area contributed by atoms with Gasteiger partial charge in [-0.1, -0.05) is 0 Å². The monoisotopic (exact) mass is 187 g/mol. The molecule has 1 aromatic rings. The van der Waals surface area contributed by atoms with Gasteiger partial charge in [0.25, 0.3) is 0 Å². The summed E-state index contributed by atoms with van der Waals surface area (Å²) in [5.74, 6) is 0.810. The molecule has 1 aromatic heterocycles. The van der Waals surface area contributed by atoms with Crippen molar-refractivity contribution in [2.75, 3.05) is 12.4 Å². The summed E-state index contributed by atoms with van der Waals surface area (Å²) in [6, 6.07) is 0. The van der Waals surface area contributed by atoms with Crippen molar-refractivity contribution in [3.05, 3.63) is 17.0 Å². The molecule has 0 amide bonds. The number of halogens is 1. The van der Waals surface area contributed by atoms with Crippen LogP contribution in [0, 0.1) is 0 Å². The van der Waals surface area contributed by atoms with E-state index in [0.717, 1.165) is 10.3 Å². The molecule has 3 nitrogen and oxygen atoms in total. The van der Waals surface area contributed by atoms with Gasteiger partial charge in [-0.05, 0) is 15.9 Å². The molecule has 0 spiro atoms. The van der Waals surface area contributed by atoms with Crippen LogP contribution in [0.3, 0.4) is 0 Å². The average Bonchev–Trinajstić information content (AvgIpc) is 1.89. The highest BCUT2D eigenvalue weighted by Gasteiger charge is 1.93. The van der Waals surface area contributed by atoms with E-state index >= 15 is 0 Å². The minimum Gasteiger partial charge on any atom is -0.372 e. The van der Waals surface area contributed by atoms with Gasteiger partial charge < -0.3 is 5.32 Å². The smallest absolute Gasteiger partial charge is 0.143 e. The van der Waals surface area contributed by atoms with Gasteiger partial charge in [-0.2, -0.15) is 0 Å². The lowest BCUT2D eigenvalue weighted by Crippen LogP contribution is -1.92. The zero-order chi connectivity index (χ0) is 6.69. The Bertz CT molecular complexity index is 201. The molecular weight excluding hydrogens is 182 g/mol. The highest BCUT2D eigenvalue weighted by atomic mass is 79.9. The number of hydrogen-bond acceptors (Lipinski definition) is 3. The fourth-order valence-corrected chi connectivity index (χ4v) is 0.915. The Labute approximate surface area is 61.7 Å². The Morgan fingerprint density at radius 3 is 2.89 bits per heavy atom. The van der Waals surface area contributed by atoms with Crippen molar-refractivity contribution in [2.24, 2.45) is 0 Å². The molecule has 1 rings (SSSR count). The molecule has 0 atom stereocenters. The van der Waals surface area contributed by atoms with E-state index in [9.17, 15) is 0 Å². The lowest BCUT2D eigenvalue weighted by Gasteiger charge is -1.97. The van der Waals surface area contributed by atoms with Gasteiger partial charge in [-0.25, -0.2) is 9.97 Å². The van der Waals surface area contributed by atoms with Crippen LogP contribution in [-0.4, -0.2) is 17.0 Å². The highest BCUT2D eigenvalue weighted by Crippen LogP contribution is 2.15. The van der Waals surface area contributed by atoms with Gasteiger partial charge >= 0.3 is 0 Å². The minimum atomic E-state index is 0.810. The van der Waals surface area contributed by atoms with Crippen LogP contribution in [0.1, 0.15) is 0 Å². The van der Waals surface area contributed by atoms with E-state index in [4.69, 9.17) is 0 Å². The first-order chi connectivity index (χ1) is 4.34. The van der Waals surface area contributed by atoms with Crippen molar-refractivity contribution in [1.82, 2.24) is 9.97 Å². The molecule has 0 unspecified atom stereocenters. The first-order valence-corrected chi connectivity index (χ1v) is 3.27. The number of rotatable bonds is 1. The Morgan fingerprint density at radius 2 is 2.44 bits per heavy atom. The third-order valence-corrected chi connectivity index (χ3v) is 1.48. The standard InChI is InChI=1S/C5H6BrN3/c1-7-5-4(6)2-8-3-9-5/h2-3H,1H3,(H,7,8,9). The molecule has 0 fully saturated rings. The molecule has 0 radical (unpaired) electrons. The maximum atomic E-state index is 3.93. The molecule has 0 aliphatic rings. The van der Waals surface area contributed by atoms with Crippen molar-refractivity contribution in [2.45, 2.75) is 0 Å².